The van der Waals surface area contributed by atoms with Crippen LogP contribution in [-0.4, -0.2) is 167 Å². The van der Waals surface area contributed by atoms with Gasteiger partial charge < -0.3 is 44.1 Å². The third-order valence-electron chi connectivity index (χ3n) is 44.5. The summed E-state index contributed by atoms with van der Waals surface area (Å²) in [4.78, 5) is 46.6. The first-order valence-electron chi connectivity index (χ1n) is 55.3. The lowest BCUT2D eigenvalue weighted by molar-refractivity contribution is -0.128. The largest absolute Gasteiger partial charge is 0.387 e. The molecule has 0 radical (unpaired) electrons. The molecule has 0 saturated heterocycles. The Labute approximate surface area is 855 Å². The van der Waals surface area contributed by atoms with E-state index in [0.29, 0.717) is 161 Å². The van der Waals surface area contributed by atoms with E-state index in [4.69, 9.17) is 21.1 Å². The van der Waals surface area contributed by atoms with Crippen LogP contribution in [0.1, 0.15) is 291 Å². The second-order valence-electron chi connectivity index (χ2n) is 51.0. The Morgan fingerprint density at radius 1 is 0.414 bits per heavy atom. The molecular formula is C119H172ClF3N4O10S3. The molecule has 14 nitrogen and oxygen atoms in total. The van der Waals surface area contributed by atoms with Crippen LogP contribution in [0.15, 0.2) is 120 Å². The van der Waals surface area contributed by atoms with Crippen molar-refractivity contribution in [1.29, 1.82) is 0 Å². The normalized spacial score (nSPS) is 44.9. The van der Waals surface area contributed by atoms with E-state index in [-0.39, 0.29) is 40.9 Å². The van der Waals surface area contributed by atoms with E-state index >= 15 is 0 Å². The summed E-state index contributed by atoms with van der Waals surface area (Å²) in [6.45, 7) is 23.5. The van der Waals surface area contributed by atoms with Crippen LogP contribution in [-0.2, 0) is 36.9 Å². The maximum absolute atomic E-state index is 13.3. The quantitative estimate of drug-likeness (QED) is 0.0582. The fraction of sp³-hybridized carbons (Fsp3) is 0.790. The fourth-order valence-corrected chi connectivity index (χ4v) is 39.7. The van der Waals surface area contributed by atoms with E-state index in [9.17, 15) is 53.1 Å². The average Bonchev–Trinajstić information content (AvgIpc) is 1.52. The highest BCUT2D eigenvalue weighted by Crippen LogP contribution is 2.72. The molecule has 2 aromatic rings. The zero-order chi connectivity index (χ0) is 99.0. The van der Waals surface area contributed by atoms with E-state index in [0.717, 1.165) is 200 Å². The number of aromatic nitrogens is 4. The molecule has 5 N–H and O–H groups in total. The van der Waals surface area contributed by atoms with Crippen LogP contribution in [0.3, 0.4) is 0 Å². The molecular weight excluding hydrogens is 1830 g/mol. The van der Waals surface area contributed by atoms with Crippen LogP contribution in [0.5, 0.6) is 0 Å². The highest BCUT2D eigenvalue weighted by Gasteiger charge is 2.65. The van der Waals surface area contributed by atoms with Crippen molar-refractivity contribution < 1.29 is 62.6 Å². The molecule has 0 bridgehead atoms. The minimum absolute atomic E-state index is 0.123. The minimum atomic E-state index is -2.66. The van der Waals surface area contributed by atoms with E-state index in [2.05, 4.69) is 115 Å². The number of fused-ring (bicyclic) bond motifs is 25. The van der Waals surface area contributed by atoms with Gasteiger partial charge in [-0.05, 0) is 432 Å². The lowest BCUT2D eigenvalue weighted by Gasteiger charge is -2.54. The van der Waals surface area contributed by atoms with Gasteiger partial charge in [-0.2, -0.15) is 35.3 Å². The lowest BCUT2D eigenvalue weighted by atomic mass is 9.51. The molecule has 0 spiro atoms. The van der Waals surface area contributed by atoms with Crippen molar-refractivity contribution in [3.63, 3.8) is 0 Å². The molecule has 35 atom stereocenters. The Kier molecular flexibility index (Phi) is 32.4. The van der Waals surface area contributed by atoms with E-state index in [1.165, 1.54) is 130 Å². The maximum Gasteiger partial charge on any atom is 0.267 e. The van der Waals surface area contributed by atoms with Gasteiger partial charge in [0.2, 0.25) is 0 Å². The second kappa shape index (κ2) is 42.8. The number of carbonyl (C=O) groups is 3. The van der Waals surface area contributed by atoms with Crippen molar-refractivity contribution >= 4 is 64.2 Å². The number of Topliss-reactive ketones (excluding diaryl/α,β-unsaturated/α-hetero) is 3. The predicted molar refractivity (Wildman–Crippen MR) is 560 cm³/mol. The molecule has 22 rings (SSSR count). The molecule has 774 valence electrons. The van der Waals surface area contributed by atoms with Crippen molar-refractivity contribution in [2.45, 2.75) is 339 Å². The SMILES string of the molecule is C=C(Cn1ccnc1)[C@H]1CC[C@H]2[C@@H]3CC=C4C[C@@](O)(CF)CC[C@@H]4[C@H]3CC[C@]12C.C=C(Cn1ccnc1)[C@H]1CC[C@H]2[C@@H]3CC=C4C[C@@](O)(COC)CC[C@@H]4[C@H]3CC[C@]12C.COC[C@@]1(O)CC[C@H]2C(=CC[C@@H]3[C@@H]2CC[C@]2(C)[C@@H](C(=O)CSC)CC[C@@H]32)C1.CSCC(=O)[C@H]1CC[C@H]2[C@@H]3CC=C4C[C@@](O)(C#CCl)CC[C@@H]4[C@H]3CC[C@]12C.CSCC(=O)[C@H]1CC[C@H]2[C@@H]3CC=C4C[C@@](O)(C(F)F)CC[C@@H]4[C@H]3CC[C@]12C. The Bertz CT molecular complexity index is 4990. The molecule has 0 aliphatic heterocycles. The molecule has 0 unspecified atom stereocenters. The van der Waals surface area contributed by atoms with Crippen molar-refractivity contribution in [1.82, 2.24) is 19.1 Å². The Morgan fingerprint density at radius 3 is 1.01 bits per heavy atom. The maximum atomic E-state index is 13.3. The summed E-state index contributed by atoms with van der Waals surface area (Å²) in [5, 5.41) is 55.6. The van der Waals surface area contributed by atoms with Gasteiger partial charge in [-0.3, -0.25) is 14.4 Å². The number of nitrogens with zero attached hydrogens (tertiary/aromatic N) is 4. The third kappa shape index (κ3) is 20.2. The van der Waals surface area contributed by atoms with Gasteiger partial charge in [-0.15, -0.1) is 0 Å². The summed E-state index contributed by atoms with van der Waals surface area (Å²) in [6, 6.07) is 0. The van der Waals surface area contributed by atoms with E-state index in [1.54, 1.807) is 49.5 Å². The molecule has 20 aliphatic carbocycles. The summed E-state index contributed by atoms with van der Waals surface area (Å²) in [5.74, 6) is 21.9. The number of hydrogen-bond donors (Lipinski definition) is 5. The zero-order valence-corrected chi connectivity index (χ0v) is 89.7. The van der Waals surface area contributed by atoms with Gasteiger partial charge in [0, 0.05) is 88.1 Å². The smallest absolute Gasteiger partial charge is 0.267 e. The van der Waals surface area contributed by atoms with Crippen molar-refractivity contribution in [2.75, 3.05) is 70.1 Å². The Balaban J connectivity index is 0.000000116. The topological polar surface area (TPSA) is 206 Å². The summed E-state index contributed by atoms with van der Waals surface area (Å²) in [7, 11) is 3.39. The molecule has 0 amide bonds. The zero-order valence-electron chi connectivity index (χ0n) is 86.5. The second-order valence-corrected chi connectivity index (χ2v) is 53.8. The highest BCUT2D eigenvalue weighted by molar-refractivity contribution is 7.99. The standard InChI is InChI=1S/C26H38N2O2.C25H35FN2O.C23H31ClO2S.C23H36O3S.C22H32F2O2S/c1-18(15-28-13-12-27-17-28)23-6-7-24-22-5-4-19-14-26(29,16-30-3)11-9-20(19)21(22)8-10-25(23,24)2;1-17(14-28-12-11-27-16-28)22-5-6-23-21-4-3-18-13-25(29,15-26)10-8-19(18)20(21)7-9-24(22,23)2;1-22-9-7-17-16-8-10-23(26,11-12-24)13-15(16)3-4-18(17)19(22)5-6-20(22)21(25)14-27-2;1-22-10-8-17-16-9-11-23(25,14-26-2)12-15(16)4-5-18(17)19(22)6-7-20(22)21(24)13-27-3;1-21-9-7-15-14-8-10-22(26,20(23)24)11-13(14)3-4-16(15)17(21)5-6-18(21)19(25)12-27-2/h4,12-13,17,20-24,29H,1,5-11,14-16H2,2-3H3;3,11-12,16,19-23,29H,1,4-10,13-15H2,2H3;3,16-20,26H,4-10,13-14H2,1-2H3;4,16-20,25H,5-14H2,1-3H3;3,14-18,20,26H,4-12H2,1-2H3/t20-,21+,22+,23+,24-,25+,26+;19-,20+,21+,22+,23-,24+,25+;16-,17+,18+,19-,20+,22-,23-;16-,17+,18+,19-,20+,22-,23+;14-,15+,16+,17-,18+,21-,22+/m00000/s1. The van der Waals surface area contributed by atoms with Crippen LogP contribution < -0.4 is 0 Å². The first-order chi connectivity index (χ1) is 67.0. The first kappa shape index (κ1) is 106. The molecule has 21 heteroatoms. The number of ether oxygens (including phenoxy) is 2. The van der Waals surface area contributed by atoms with Crippen molar-refractivity contribution in [3.8, 4) is 11.3 Å². The number of rotatable bonds is 21. The minimum Gasteiger partial charge on any atom is -0.387 e. The number of hydrogen-bond acceptors (Lipinski definition) is 15. The fourth-order valence-electron chi connectivity index (χ4n) is 38.1. The Hall–Kier alpha value is -3.98. The lowest BCUT2D eigenvalue weighted by Crippen LogP contribution is -2.50. The van der Waals surface area contributed by atoms with Crippen LogP contribution >= 0.6 is 46.9 Å². The summed E-state index contributed by atoms with van der Waals surface area (Å²) >= 11 is 10.6. The average molecular weight is 2010 g/mol. The molecule has 0 aromatic carbocycles. The number of allylic oxidation sites excluding steroid dienone is 7. The van der Waals surface area contributed by atoms with Gasteiger partial charge in [0.25, 0.3) is 6.43 Å². The van der Waals surface area contributed by atoms with Gasteiger partial charge in [0.05, 0.1) is 59.9 Å². The van der Waals surface area contributed by atoms with Gasteiger partial charge in [-0.1, -0.05) is 123 Å². The number of thioether (sulfide) groups is 3. The monoisotopic (exact) mass is 2010 g/mol. The number of methoxy groups -OCH3 is 2. The van der Waals surface area contributed by atoms with Crippen molar-refractivity contribution in [3.05, 3.63) is 120 Å². The van der Waals surface area contributed by atoms with Crippen LogP contribution in [0.4, 0.5) is 13.2 Å². The van der Waals surface area contributed by atoms with Gasteiger partial charge in [0.1, 0.15) is 35.2 Å². The third-order valence-corrected chi connectivity index (χ3v) is 46.3. The highest BCUT2D eigenvalue weighted by atomic mass is 35.5. The number of halogens is 4. The Morgan fingerprint density at radius 2 is 0.707 bits per heavy atom. The summed E-state index contributed by atoms with van der Waals surface area (Å²) in [6.07, 6.45) is 68.2. The van der Waals surface area contributed by atoms with E-state index in [1.807, 2.05) is 50.0 Å². The van der Waals surface area contributed by atoms with Crippen molar-refractivity contribution in [2.24, 2.45) is 175 Å². The number of aliphatic hydroxyl groups is 5. The summed E-state index contributed by atoms with van der Waals surface area (Å²) in [5.41, 5.74) is 5.83. The van der Waals surface area contributed by atoms with Crippen LogP contribution in [0.2, 0.25) is 0 Å². The summed E-state index contributed by atoms with van der Waals surface area (Å²) < 4.78 is 54.9. The van der Waals surface area contributed by atoms with Crippen LogP contribution in [0, 0.1) is 186 Å². The van der Waals surface area contributed by atoms with Gasteiger partial charge >= 0.3 is 0 Å². The molecule has 2 heterocycles. The van der Waals surface area contributed by atoms with Crippen LogP contribution in [0.25, 0.3) is 0 Å². The molecule has 15 saturated carbocycles. The van der Waals surface area contributed by atoms with Gasteiger partial charge in [0.15, 0.2) is 0 Å². The first-order valence-corrected chi connectivity index (χ1v) is 59.9. The molecule has 2 aromatic heterocycles. The molecule has 15 fully saturated rings. The number of ketones is 3. The number of imidazole rings is 2. The molecule has 140 heavy (non-hydrogen) atoms. The number of alkyl halides is 3. The number of carbonyl (C=O) groups excluding carboxylic acids is 3. The van der Waals surface area contributed by atoms with E-state index < -0.39 is 41.1 Å². The predicted octanol–water partition coefficient (Wildman–Crippen LogP) is 25.0. The van der Waals surface area contributed by atoms with Gasteiger partial charge in [-0.25, -0.2) is 23.1 Å². The molecule has 20 aliphatic rings.